The van der Waals surface area contributed by atoms with E-state index in [2.05, 4.69) is 4.90 Å². The Morgan fingerprint density at radius 2 is 2.08 bits per heavy atom. The van der Waals surface area contributed by atoms with E-state index in [9.17, 15) is 9.90 Å². The van der Waals surface area contributed by atoms with Crippen molar-refractivity contribution in [1.82, 2.24) is 4.90 Å². The molecular weight excluding hydrogens is 334 g/mol. The standard InChI is InChI=1S/C20H19NO5/c1-21-6-5-11-7-16(24-2)14(22)8-13(11)20(21)9-12-3-4-15-18(26-10-25-15)17(12)19(20)23/h3-4,7-8,22H,5-6,9-10H2,1-2H3/t20-/m1/s1. The number of hydrogen-bond acceptors (Lipinski definition) is 6. The number of hydrogen-bond donors (Lipinski definition) is 1. The van der Waals surface area contributed by atoms with Crippen LogP contribution in [0.25, 0.3) is 0 Å². The summed E-state index contributed by atoms with van der Waals surface area (Å²) in [4.78, 5) is 15.8. The van der Waals surface area contributed by atoms with E-state index in [1.807, 2.05) is 25.2 Å². The van der Waals surface area contributed by atoms with Crippen molar-refractivity contribution in [3.05, 3.63) is 46.5 Å². The van der Waals surface area contributed by atoms with Crippen molar-refractivity contribution in [2.45, 2.75) is 18.4 Å². The molecule has 3 aliphatic rings. The van der Waals surface area contributed by atoms with Crippen molar-refractivity contribution in [3.8, 4) is 23.0 Å². The van der Waals surface area contributed by atoms with Gasteiger partial charge in [0.25, 0.3) is 0 Å². The second-order valence-electron chi connectivity index (χ2n) is 7.05. The van der Waals surface area contributed by atoms with E-state index >= 15 is 0 Å². The van der Waals surface area contributed by atoms with Gasteiger partial charge in [0.2, 0.25) is 6.79 Å². The molecule has 0 saturated carbocycles. The van der Waals surface area contributed by atoms with Gasteiger partial charge in [-0.2, -0.15) is 0 Å². The minimum atomic E-state index is -0.833. The van der Waals surface area contributed by atoms with Crippen LogP contribution in [0.15, 0.2) is 24.3 Å². The first-order valence-corrected chi connectivity index (χ1v) is 8.64. The second kappa shape index (κ2) is 5.14. The first-order chi connectivity index (χ1) is 12.6. The highest BCUT2D eigenvalue weighted by Crippen LogP contribution is 2.52. The molecular formula is C20H19NO5. The van der Waals surface area contributed by atoms with Crippen LogP contribution in [-0.2, 0) is 18.4 Å². The van der Waals surface area contributed by atoms with Gasteiger partial charge < -0.3 is 19.3 Å². The van der Waals surface area contributed by atoms with Gasteiger partial charge >= 0.3 is 0 Å². The van der Waals surface area contributed by atoms with Crippen LogP contribution >= 0.6 is 0 Å². The Labute approximate surface area is 150 Å². The van der Waals surface area contributed by atoms with Crippen molar-refractivity contribution in [2.24, 2.45) is 0 Å². The molecule has 1 aliphatic carbocycles. The minimum Gasteiger partial charge on any atom is -0.504 e. The first-order valence-electron chi connectivity index (χ1n) is 8.64. The lowest BCUT2D eigenvalue weighted by Gasteiger charge is -2.43. The van der Waals surface area contributed by atoms with Crippen LogP contribution in [0.5, 0.6) is 23.0 Å². The van der Waals surface area contributed by atoms with Gasteiger partial charge in [0, 0.05) is 13.0 Å². The van der Waals surface area contributed by atoms with Gasteiger partial charge in [-0.3, -0.25) is 9.69 Å². The number of likely N-dealkylation sites (N-methyl/N-ethyl adjacent to an activating group) is 1. The summed E-state index contributed by atoms with van der Waals surface area (Å²) in [6.07, 6.45) is 1.35. The Balaban J connectivity index is 1.73. The molecule has 1 atom stereocenters. The molecule has 2 aliphatic heterocycles. The molecule has 0 fully saturated rings. The molecule has 0 unspecified atom stereocenters. The van der Waals surface area contributed by atoms with Gasteiger partial charge in [-0.15, -0.1) is 0 Å². The number of ketones is 1. The number of nitrogens with zero attached hydrogens (tertiary/aromatic N) is 1. The average Bonchev–Trinajstić information content (AvgIpc) is 3.22. The lowest BCUT2D eigenvalue weighted by atomic mass is 9.77. The molecule has 0 amide bonds. The van der Waals surface area contributed by atoms with Crippen molar-refractivity contribution < 1.29 is 24.1 Å². The van der Waals surface area contributed by atoms with E-state index in [4.69, 9.17) is 14.2 Å². The Hall–Kier alpha value is -2.73. The number of phenolic OH excluding ortho intramolecular Hbond substituents is 1. The highest BCUT2D eigenvalue weighted by molar-refractivity contribution is 6.11. The highest BCUT2D eigenvalue weighted by Gasteiger charge is 2.54. The van der Waals surface area contributed by atoms with Crippen LogP contribution in [0.4, 0.5) is 0 Å². The third kappa shape index (κ3) is 1.77. The summed E-state index contributed by atoms with van der Waals surface area (Å²) < 4.78 is 16.3. The fourth-order valence-electron chi connectivity index (χ4n) is 4.55. The van der Waals surface area contributed by atoms with Crippen molar-refractivity contribution in [2.75, 3.05) is 27.5 Å². The maximum atomic E-state index is 13.7. The summed E-state index contributed by atoms with van der Waals surface area (Å²) in [5, 5.41) is 10.4. The van der Waals surface area contributed by atoms with Crippen molar-refractivity contribution >= 4 is 5.78 Å². The zero-order valence-electron chi connectivity index (χ0n) is 14.7. The van der Waals surface area contributed by atoms with E-state index < -0.39 is 5.54 Å². The maximum absolute atomic E-state index is 13.7. The Bertz CT molecular complexity index is 954. The summed E-state index contributed by atoms with van der Waals surface area (Å²) in [5.41, 5.74) is 2.61. The van der Waals surface area contributed by atoms with Crippen molar-refractivity contribution in [1.29, 1.82) is 0 Å². The fraction of sp³-hybridized carbons (Fsp3) is 0.350. The van der Waals surface area contributed by atoms with Crippen molar-refractivity contribution in [3.63, 3.8) is 0 Å². The van der Waals surface area contributed by atoms with Crippen LogP contribution in [0, 0.1) is 0 Å². The van der Waals surface area contributed by atoms with E-state index in [0.717, 1.165) is 29.7 Å². The summed E-state index contributed by atoms with van der Waals surface area (Å²) in [7, 11) is 3.50. The van der Waals surface area contributed by atoms with Crippen LogP contribution in [0.2, 0.25) is 0 Å². The summed E-state index contributed by atoms with van der Waals surface area (Å²) in [6, 6.07) is 7.34. The molecule has 2 aromatic carbocycles. The third-order valence-corrected chi connectivity index (χ3v) is 5.89. The molecule has 2 heterocycles. The van der Waals surface area contributed by atoms with Crippen LogP contribution < -0.4 is 14.2 Å². The lowest BCUT2D eigenvalue weighted by molar-refractivity contribution is 0.0613. The monoisotopic (exact) mass is 353 g/mol. The van der Waals surface area contributed by atoms with E-state index in [0.29, 0.717) is 29.2 Å². The molecule has 0 aromatic heterocycles. The SMILES string of the molecule is COc1cc2c(cc1O)[C@@]1(Cc3ccc4c(c3C1=O)OCO4)N(C)CC2. The molecule has 1 N–H and O–H groups in total. The van der Waals surface area contributed by atoms with Crippen LogP contribution in [-0.4, -0.2) is 43.3 Å². The quantitative estimate of drug-likeness (QED) is 0.848. The molecule has 0 saturated heterocycles. The maximum Gasteiger partial charge on any atom is 0.231 e. The first kappa shape index (κ1) is 15.5. The van der Waals surface area contributed by atoms with Gasteiger partial charge in [-0.05, 0) is 48.4 Å². The molecule has 6 heteroatoms. The minimum absolute atomic E-state index is 0.00265. The highest BCUT2D eigenvalue weighted by atomic mass is 16.7. The average molecular weight is 353 g/mol. The molecule has 0 radical (unpaired) electrons. The largest absolute Gasteiger partial charge is 0.504 e. The summed E-state index contributed by atoms with van der Waals surface area (Å²) >= 11 is 0. The number of Topliss-reactive ketones (excluding diaryl/α,β-unsaturated/α-hetero) is 1. The zero-order chi connectivity index (χ0) is 18.1. The Morgan fingerprint density at radius 3 is 2.88 bits per heavy atom. The number of benzene rings is 2. The number of rotatable bonds is 1. The molecule has 6 nitrogen and oxygen atoms in total. The van der Waals surface area contributed by atoms with E-state index in [1.165, 1.54) is 7.11 Å². The molecule has 0 bridgehead atoms. The zero-order valence-corrected chi connectivity index (χ0v) is 14.7. The van der Waals surface area contributed by atoms with Gasteiger partial charge in [0.05, 0.1) is 12.7 Å². The molecule has 5 rings (SSSR count). The third-order valence-electron chi connectivity index (χ3n) is 5.89. The van der Waals surface area contributed by atoms with E-state index in [1.54, 1.807) is 6.07 Å². The molecule has 26 heavy (non-hydrogen) atoms. The Kier molecular flexibility index (Phi) is 3.07. The predicted octanol–water partition coefficient (Wildman–Crippen LogP) is 2.25. The number of carbonyl (C=O) groups is 1. The summed E-state index contributed by atoms with van der Waals surface area (Å²) in [6.45, 7) is 0.886. The molecule has 134 valence electrons. The van der Waals surface area contributed by atoms with Crippen LogP contribution in [0.1, 0.15) is 27.0 Å². The smallest absolute Gasteiger partial charge is 0.231 e. The summed E-state index contributed by atoms with van der Waals surface area (Å²) in [5.74, 6) is 1.65. The second-order valence-corrected chi connectivity index (χ2v) is 7.05. The van der Waals surface area contributed by atoms with Gasteiger partial charge in [0.1, 0.15) is 5.54 Å². The number of fused-ring (bicyclic) bond motifs is 5. The number of methoxy groups -OCH3 is 1. The number of carbonyl (C=O) groups excluding carboxylic acids is 1. The van der Waals surface area contributed by atoms with Gasteiger partial charge in [0.15, 0.2) is 28.8 Å². The lowest BCUT2D eigenvalue weighted by Crippen LogP contribution is -2.52. The van der Waals surface area contributed by atoms with E-state index in [-0.39, 0.29) is 18.3 Å². The van der Waals surface area contributed by atoms with Gasteiger partial charge in [-0.25, -0.2) is 0 Å². The molecule has 1 spiro atoms. The topological polar surface area (TPSA) is 68.2 Å². The number of phenols is 1. The normalized spacial score (nSPS) is 23.2. The number of aromatic hydroxyl groups is 1. The molecule has 2 aromatic rings. The van der Waals surface area contributed by atoms with Gasteiger partial charge in [-0.1, -0.05) is 6.07 Å². The fourth-order valence-corrected chi connectivity index (χ4v) is 4.55. The number of ether oxygens (including phenoxy) is 3. The Morgan fingerprint density at radius 1 is 1.23 bits per heavy atom. The van der Waals surface area contributed by atoms with Crippen LogP contribution in [0.3, 0.4) is 0 Å². The predicted molar refractivity (Wildman–Crippen MR) is 93.3 cm³/mol.